The van der Waals surface area contributed by atoms with Crippen molar-refractivity contribution in [2.45, 2.75) is 49.8 Å². The molecule has 0 unspecified atom stereocenters. The number of carbonyl (C=O) groups is 1. The first-order valence-electron chi connectivity index (χ1n) is 11.8. The fourth-order valence-electron chi connectivity index (χ4n) is 3.80. The van der Waals surface area contributed by atoms with Crippen LogP contribution in [0.1, 0.15) is 48.8 Å². The monoisotopic (exact) mass is 534 g/mol. The molecule has 4 rings (SSSR count). The summed E-state index contributed by atoms with van der Waals surface area (Å²) >= 11 is 1.21. The Morgan fingerprint density at radius 2 is 2.08 bits per heavy atom. The Bertz CT molecular complexity index is 1230. The highest BCUT2D eigenvalue weighted by Crippen LogP contribution is 2.30. The molecule has 0 aromatic carbocycles. The van der Waals surface area contributed by atoms with Crippen LogP contribution in [0.3, 0.4) is 0 Å². The zero-order valence-electron chi connectivity index (χ0n) is 20.0. The highest BCUT2D eigenvalue weighted by atomic mass is 32.2. The third-order valence-electron chi connectivity index (χ3n) is 5.90. The fraction of sp³-hybridized carbons (Fsp3) is 0.478. The highest BCUT2D eigenvalue weighted by Gasteiger charge is 2.37. The predicted octanol–water partition coefficient (Wildman–Crippen LogP) is 2.11. The Kier molecular flexibility index (Phi) is 8.21. The van der Waals surface area contributed by atoms with Gasteiger partial charge in [-0.15, -0.1) is 11.3 Å². The number of nitrogens with two attached hydrogens (primary N) is 1. The molecule has 1 saturated heterocycles. The number of thiazole rings is 1. The number of hydrogen-bond donors (Lipinski definition) is 3. The lowest BCUT2D eigenvalue weighted by molar-refractivity contribution is 0.0368. The summed E-state index contributed by atoms with van der Waals surface area (Å²) in [6.07, 6.45) is 12.1. The molecule has 2 aromatic heterocycles. The summed E-state index contributed by atoms with van der Waals surface area (Å²) in [5, 5.41) is 3.06. The van der Waals surface area contributed by atoms with Crippen LogP contribution in [0.2, 0.25) is 0 Å². The molecular weight excluding hydrogens is 504 g/mol. The van der Waals surface area contributed by atoms with E-state index in [9.17, 15) is 13.2 Å². The van der Waals surface area contributed by atoms with Crippen molar-refractivity contribution >= 4 is 27.3 Å². The maximum atomic E-state index is 13.2. The van der Waals surface area contributed by atoms with Gasteiger partial charge in [0.25, 0.3) is 5.91 Å². The van der Waals surface area contributed by atoms with Gasteiger partial charge in [-0.2, -0.15) is 0 Å². The van der Waals surface area contributed by atoms with Crippen LogP contribution >= 0.6 is 11.3 Å². The van der Waals surface area contributed by atoms with Crippen LogP contribution in [-0.2, 0) is 14.8 Å². The van der Waals surface area contributed by atoms with Gasteiger partial charge in [0.15, 0.2) is 5.01 Å². The predicted molar refractivity (Wildman–Crippen MR) is 136 cm³/mol. The molecule has 1 amide bonds. The SMILES string of the molecule is CCOc1cncc(-c2cnc(C(=O)NC3(C/C=C(\C=C/N)NS(=O)(=O)C4CC4)CCOCC3)s2)n1. The first-order chi connectivity index (χ1) is 17.3. The number of rotatable bonds is 11. The first kappa shape index (κ1) is 26.0. The van der Waals surface area contributed by atoms with Crippen LogP contribution in [0.4, 0.5) is 0 Å². The van der Waals surface area contributed by atoms with E-state index in [2.05, 4.69) is 25.0 Å². The minimum atomic E-state index is -3.44. The number of aromatic nitrogens is 3. The van der Waals surface area contributed by atoms with Gasteiger partial charge in [0.05, 0.1) is 29.1 Å². The van der Waals surface area contributed by atoms with E-state index in [0.29, 0.717) is 79.1 Å². The van der Waals surface area contributed by atoms with Gasteiger partial charge in [0, 0.05) is 30.6 Å². The van der Waals surface area contributed by atoms with Gasteiger partial charge in [-0.05, 0) is 51.3 Å². The van der Waals surface area contributed by atoms with Crippen LogP contribution < -0.4 is 20.5 Å². The second-order valence-corrected chi connectivity index (χ2v) is 11.6. The Labute approximate surface area is 214 Å². The van der Waals surface area contributed by atoms with Gasteiger partial charge in [-0.3, -0.25) is 14.5 Å². The molecule has 13 heteroatoms. The van der Waals surface area contributed by atoms with Crippen LogP contribution in [0.15, 0.2) is 42.6 Å². The molecule has 0 atom stereocenters. The number of carbonyl (C=O) groups excluding carboxylic acids is 1. The van der Waals surface area contributed by atoms with E-state index in [1.54, 1.807) is 18.5 Å². The second kappa shape index (κ2) is 11.4. The summed E-state index contributed by atoms with van der Waals surface area (Å²) in [7, 11) is -3.44. The van der Waals surface area contributed by atoms with Crippen LogP contribution in [0, 0.1) is 0 Å². The van der Waals surface area contributed by atoms with Crippen molar-refractivity contribution in [2.75, 3.05) is 19.8 Å². The van der Waals surface area contributed by atoms with Crippen molar-refractivity contribution in [1.29, 1.82) is 0 Å². The maximum absolute atomic E-state index is 13.2. The van der Waals surface area contributed by atoms with Crippen molar-refractivity contribution < 1.29 is 22.7 Å². The van der Waals surface area contributed by atoms with Crippen molar-refractivity contribution in [3.8, 4) is 16.5 Å². The number of sulfonamides is 1. The van der Waals surface area contributed by atoms with E-state index >= 15 is 0 Å². The molecule has 2 aliphatic rings. The maximum Gasteiger partial charge on any atom is 0.280 e. The zero-order valence-corrected chi connectivity index (χ0v) is 21.6. The Morgan fingerprint density at radius 3 is 2.78 bits per heavy atom. The van der Waals surface area contributed by atoms with Gasteiger partial charge >= 0.3 is 0 Å². The molecule has 194 valence electrons. The molecular formula is C23H30N6O5S2. The molecule has 2 aromatic rings. The third kappa shape index (κ3) is 6.59. The minimum absolute atomic E-state index is 0.292. The second-order valence-electron chi connectivity index (χ2n) is 8.62. The number of nitrogens with zero attached hydrogens (tertiary/aromatic N) is 3. The van der Waals surface area contributed by atoms with Crippen molar-refractivity contribution in [3.05, 3.63) is 47.6 Å². The van der Waals surface area contributed by atoms with Crippen molar-refractivity contribution in [1.82, 2.24) is 25.0 Å². The van der Waals surface area contributed by atoms with Crippen LogP contribution in [0.25, 0.3) is 10.6 Å². The van der Waals surface area contributed by atoms with E-state index < -0.39 is 15.6 Å². The summed E-state index contributed by atoms with van der Waals surface area (Å²) in [5.41, 5.74) is 5.88. The molecule has 4 N–H and O–H groups in total. The minimum Gasteiger partial charge on any atom is -0.477 e. The van der Waals surface area contributed by atoms with E-state index in [-0.39, 0.29) is 11.2 Å². The molecule has 0 bridgehead atoms. The van der Waals surface area contributed by atoms with Crippen molar-refractivity contribution in [3.63, 3.8) is 0 Å². The zero-order chi connectivity index (χ0) is 25.6. The van der Waals surface area contributed by atoms with E-state index in [4.69, 9.17) is 15.2 Å². The molecule has 11 nitrogen and oxygen atoms in total. The van der Waals surface area contributed by atoms with E-state index in [0.717, 1.165) is 0 Å². The molecule has 1 aliphatic heterocycles. The van der Waals surface area contributed by atoms with Gasteiger partial charge in [-0.1, -0.05) is 6.08 Å². The molecule has 3 heterocycles. The number of allylic oxidation sites excluding steroid dienone is 1. The normalized spacial score (nSPS) is 18.2. The van der Waals surface area contributed by atoms with Crippen LogP contribution in [0.5, 0.6) is 5.88 Å². The van der Waals surface area contributed by atoms with Crippen LogP contribution in [-0.4, -0.2) is 59.9 Å². The first-order valence-corrected chi connectivity index (χ1v) is 14.1. The van der Waals surface area contributed by atoms with Gasteiger partial charge < -0.3 is 20.5 Å². The Hall–Kier alpha value is -3.03. The standard InChI is InChI=1S/C23H30N6O5S2/c1-2-34-20-15-25-13-18(27-20)19-14-26-22(35-19)21(30)28-23(8-11-33-12-9-23)7-5-16(6-10-24)29-36(31,32)17-3-4-17/h5-6,10,13-15,17,29H,2-4,7-9,11-12,24H2,1H3,(H,28,30)/b10-6-,16-5+. The molecule has 0 radical (unpaired) electrons. The largest absolute Gasteiger partial charge is 0.477 e. The smallest absolute Gasteiger partial charge is 0.280 e. The summed E-state index contributed by atoms with van der Waals surface area (Å²) in [5.74, 6) is 0.0898. The number of ether oxygens (including phenoxy) is 2. The van der Waals surface area contributed by atoms with Gasteiger partial charge in [0.1, 0.15) is 5.69 Å². The summed E-state index contributed by atoms with van der Waals surface area (Å²) in [6, 6.07) is 0. The van der Waals surface area contributed by atoms with Gasteiger partial charge in [-0.25, -0.2) is 18.4 Å². The highest BCUT2D eigenvalue weighted by molar-refractivity contribution is 7.90. The van der Waals surface area contributed by atoms with E-state index in [1.165, 1.54) is 29.8 Å². The quantitative estimate of drug-likeness (QED) is 0.367. The molecule has 1 saturated carbocycles. The topological polar surface area (TPSA) is 158 Å². The third-order valence-corrected chi connectivity index (χ3v) is 8.79. The molecule has 2 fully saturated rings. The van der Waals surface area contributed by atoms with Gasteiger partial charge in [0.2, 0.25) is 15.9 Å². The Balaban J connectivity index is 1.50. The number of hydrogen-bond acceptors (Lipinski definition) is 10. The van der Waals surface area contributed by atoms with E-state index in [1.807, 2.05) is 6.92 Å². The molecule has 0 spiro atoms. The lowest BCUT2D eigenvalue weighted by Crippen LogP contribution is -2.51. The molecule has 36 heavy (non-hydrogen) atoms. The fourth-order valence-corrected chi connectivity index (χ4v) is 5.97. The average molecular weight is 535 g/mol. The lowest BCUT2D eigenvalue weighted by Gasteiger charge is -2.37. The van der Waals surface area contributed by atoms with Crippen molar-refractivity contribution in [2.24, 2.45) is 5.73 Å². The summed E-state index contributed by atoms with van der Waals surface area (Å²) in [4.78, 5) is 26.7. The summed E-state index contributed by atoms with van der Waals surface area (Å²) in [6.45, 7) is 3.29. The molecule has 1 aliphatic carbocycles. The Morgan fingerprint density at radius 1 is 1.31 bits per heavy atom. The average Bonchev–Trinajstić information content (AvgIpc) is 3.61. The number of nitrogens with one attached hydrogen (secondary N) is 2. The number of amides is 1. The lowest BCUT2D eigenvalue weighted by atomic mass is 9.86. The summed E-state index contributed by atoms with van der Waals surface area (Å²) < 4.78 is 38.4.